The molecule has 0 aliphatic rings. The van der Waals surface area contributed by atoms with Crippen LogP contribution < -0.4 is 10.6 Å². The maximum Gasteiger partial charge on any atom is 0.293 e. The molecule has 0 saturated carbocycles. The number of anilines is 1. The Bertz CT molecular complexity index is 815. The summed E-state index contributed by atoms with van der Waals surface area (Å²) < 4.78 is 5.01. The molecule has 122 valence electrons. The number of carbonyl (C=O) groups excluding carboxylic acids is 2. The van der Waals surface area contributed by atoms with Gasteiger partial charge in [0.25, 0.3) is 5.91 Å². The third kappa shape index (κ3) is 4.26. The van der Waals surface area contributed by atoms with Crippen LogP contribution in [0.3, 0.4) is 0 Å². The predicted molar refractivity (Wildman–Crippen MR) is 88.6 cm³/mol. The van der Waals surface area contributed by atoms with Crippen LogP contribution in [0, 0.1) is 0 Å². The zero-order chi connectivity index (χ0) is 16.8. The molecule has 24 heavy (non-hydrogen) atoms. The van der Waals surface area contributed by atoms with E-state index in [0.29, 0.717) is 17.4 Å². The van der Waals surface area contributed by atoms with Gasteiger partial charge < -0.3 is 9.73 Å². The Balaban J connectivity index is 1.50. The zero-order valence-electron chi connectivity index (χ0n) is 12.6. The highest BCUT2D eigenvalue weighted by atomic mass is 32.1. The van der Waals surface area contributed by atoms with Gasteiger partial charge in [0.2, 0.25) is 5.91 Å². The highest BCUT2D eigenvalue weighted by molar-refractivity contribution is 7.14. The van der Waals surface area contributed by atoms with Crippen molar-refractivity contribution in [2.24, 2.45) is 0 Å². The van der Waals surface area contributed by atoms with Gasteiger partial charge in [-0.2, -0.15) is 0 Å². The quantitative estimate of drug-likeness (QED) is 0.716. The van der Waals surface area contributed by atoms with E-state index in [1.54, 1.807) is 29.9 Å². The molecule has 0 fully saturated rings. The zero-order valence-corrected chi connectivity index (χ0v) is 13.4. The molecule has 0 radical (unpaired) electrons. The van der Waals surface area contributed by atoms with Gasteiger partial charge in [0.05, 0.1) is 18.4 Å². The molecule has 0 spiro atoms. The Kier molecular flexibility index (Phi) is 4.97. The fourth-order valence-corrected chi connectivity index (χ4v) is 2.65. The molecule has 2 N–H and O–H groups in total. The number of rotatable bonds is 6. The summed E-state index contributed by atoms with van der Waals surface area (Å²) in [5.41, 5.74) is 1.52. The van der Waals surface area contributed by atoms with Crippen LogP contribution in [0.5, 0.6) is 0 Å². The Morgan fingerprint density at radius 3 is 2.92 bits per heavy atom. The maximum atomic E-state index is 11.9. The number of hydrogen-bond acceptors (Lipinski definition) is 6. The monoisotopic (exact) mass is 342 g/mol. The summed E-state index contributed by atoms with van der Waals surface area (Å²) in [6.45, 7) is 0.416. The van der Waals surface area contributed by atoms with Gasteiger partial charge in [-0.15, -0.1) is 11.3 Å². The molecule has 3 aromatic heterocycles. The average molecular weight is 342 g/mol. The second kappa shape index (κ2) is 7.51. The van der Waals surface area contributed by atoms with Crippen LogP contribution in [0.4, 0.5) is 5.13 Å². The summed E-state index contributed by atoms with van der Waals surface area (Å²) >= 11 is 1.26. The van der Waals surface area contributed by atoms with E-state index < -0.39 is 0 Å². The summed E-state index contributed by atoms with van der Waals surface area (Å²) in [4.78, 5) is 32.0. The van der Waals surface area contributed by atoms with E-state index >= 15 is 0 Å². The minimum Gasteiger partial charge on any atom is -0.459 e. The topological polar surface area (TPSA) is 97.1 Å². The van der Waals surface area contributed by atoms with Crippen molar-refractivity contribution in [1.82, 2.24) is 15.3 Å². The van der Waals surface area contributed by atoms with Crippen LogP contribution in [0.15, 0.2) is 52.7 Å². The summed E-state index contributed by atoms with van der Waals surface area (Å²) in [6, 6.07) is 6.90. The molecule has 0 aliphatic heterocycles. The average Bonchev–Trinajstić information content (AvgIpc) is 3.26. The molecular weight excluding hydrogens is 328 g/mol. The number of carbonyl (C=O) groups is 2. The van der Waals surface area contributed by atoms with Crippen LogP contribution in [0.1, 0.15) is 21.8 Å². The molecule has 0 aliphatic carbocycles. The fourth-order valence-electron chi connectivity index (χ4n) is 1.94. The van der Waals surface area contributed by atoms with Crippen molar-refractivity contribution in [3.63, 3.8) is 0 Å². The van der Waals surface area contributed by atoms with E-state index in [0.717, 1.165) is 5.56 Å². The fraction of sp³-hybridized carbons (Fsp3) is 0.125. The molecule has 0 saturated heterocycles. The lowest BCUT2D eigenvalue weighted by molar-refractivity contribution is -0.120. The van der Waals surface area contributed by atoms with Gasteiger partial charge >= 0.3 is 0 Å². The molecule has 0 aromatic carbocycles. The second-order valence-electron chi connectivity index (χ2n) is 4.89. The lowest BCUT2D eigenvalue weighted by Gasteiger charge is -2.03. The number of nitrogens with zero attached hydrogens (tertiary/aromatic N) is 2. The van der Waals surface area contributed by atoms with Crippen molar-refractivity contribution < 1.29 is 14.0 Å². The SMILES string of the molecule is O=C(Cc1csc(NC(=O)c2ccco2)n1)NCc1cccnc1. The predicted octanol–water partition coefficient (Wildman–Crippen LogP) is 2.24. The van der Waals surface area contributed by atoms with Crippen molar-refractivity contribution in [3.8, 4) is 0 Å². The van der Waals surface area contributed by atoms with Gasteiger partial charge in [0.1, 0.15) is 0 Å². The van der Waals surface area contributed by atoms with Gasteiger partial charge in [0.15, 0.2) is 10.9 Å². The molecular formula is C16H14N4O3S. The number of amides is 2. The highest BCUT2D eigenvalue weighted by Crippen LogP contribution is 2.17. The van der Waals surface area contributed by atoms with Crippen molar-refractivity contribution in [2.45, 2.75) is 13.0 Å². The first-order chi connectivity index (χ1) is 11.7. The van der Waals surface area contributed by atoms with E-state index in [-0.39, 0.29) is 24.0 Å². The smallest absolute Gasteiger partial charge is 0.293 e. The Morgan fingerprint density at radius 1 is 1.25 bits per heavy atom. The van der Waals surface area contributed by atoms with Crippen molar-refractivity contribution in [1.29, 1.82) is 0 Å². The van der Waals surface area contributed by atoms with E-state index in [4.69, 9.17) is 4.42 Å². The number of hydrogen-bond donors (Lipinski definition) is 2. The first-order valence-electron chi connectivity index (χ1n) is 7.15. The van der Waals surface area contributed by atoms with Gasteiger partial charge in [-0.1, -0.05) is 6.07 Å². The second-order valence-corrected chi connectivity index (χ2v) is 5.75. The van der Waals surface area contributed by atoms with Gasteiger partial charge in [-0.25, -0.2) is 4.98 Å². The number of furan rings is 1. The van der Waals surface area contributed by atoms with Crippen molar-refractivity contribution in [3.05, 3.63) is 65.3 Å². The number of nitrogens with one attached hydrogen (secondary N) is 2. The summed E-state index contributed by atoms with van der Waals surface area (Å²) in [7, 11) is 0. The first kappa shape index (κ1) is 15.9. The molecule has 3 heterocycles. The molecule has 0 atom stereocenters. The normalized spacial score (nSPS) is 10.3. The minimum absolute atomic E-state index is 0.145. The first-order valence-corrected chi connectivity index (χ1v) is 8.03. The number of thiazole rings is 1. The van der Waals surface area contributed by atoms with Crippen LogP contribution in [0.25, 0.3) is 0 Å². The lowest BCUT2D eigenvalue weighted by Crippen LogP contribution is -2.24. The molecule has 3 aromatic rings. The summed E-state index contributed by atoms with van der Waals surface area (Å²) in [5.74, 6) is -0.309. The number of pyridine rings is 1. The van der Waals surface area contributed by atoms with E-state index in [9.17, 15) is 9.59 Å². The molecule has 7 nitrogen and oxygen atoms in total. The third-order valence-electron chi connectivity index (χ3n) is 3.07. The molecule has 0 unspecified atom stereocenters. The van der Waals surface area contributed by atoms with Gasteiger partial charge in [-0.3, -0.25) is 19.9 Å². The lowest BCUT2D eigenvalue weighted by atomic mass is 10.2. The summed E-state index contributed by atoms with van der Waals surface area (Å²) in [5, 5.41) is 7.59. The van der Waals surface area contributed by atoms with Gasteiger partial charge in [-0.05, 0) is 23.8 Å². The largest absolute Gasteiger partial charge is 0.459 e. The third-order valence-corrected chi connectivity index (χ3v) is 3.88. The summed E-state index contributed by atoms with van der Waals surface area (Å²) in [6.07, 6.45) is 4.95. The van der Waals surface area contributed by atoms with Crippen LogP contribution in [0.2, 0.25) is 0 Å². The molecule has 2 amide bonds. The van der Waals surface area contributed by atoms with Crippen LogP contribution in [-0.2, 0) is 17.8 Å². The number of aromatic nitrogens is 2. The van der Waals surface area contributed by atoms with Gasteiger partial charge in [0, 0.05) is 24.3 Å². The van der Waals surface area contributed by atoms with Crippen molar-refractivity contribution >= 4 is 28.3 Å². The van der Waals surface area contributed by atoms with Crippen molar-refractivity contribution in [2.75, 3.05) is 5.32 Å². The maximum absolute atomic E-state index is 11.9. The molecule has 8 heteroatoms. The Labute approximate surface area is 141 Å². The van der Waals surface area contributed by atoms with Crippen LogP contribution in [-0.4, -0.2) is 21.8 Å². The van der Waals surface area contributed by atoms with Crippen LogP contribution >= 0.6 is 11.3 Å². The minimum atomic E-state index is -0.373. The van der Waals surface area contributed by atoms with E-state index in [1.165, 1.54) is 17.6 Å². The Morgan fingerprint density at radius 2 is 2.17 bits per heavy atom. The standard InChI is InChI=1S/C16H14N4O3S/c21-14(18-9-11-3-1-5-17-8-11)7-12-10-24-16(19-12)20-15(22)13-4-2-6-23-13/h1-6,8,10H,7,9H2,(H,18,21)(H,19,20,22). The molecule has 3 rings (SSSR count). The van der Waals surface area contributed by atoms with E-state index in [1.807, 2.05) is 12.1 Å². The Hall–Kier alpha value is -3.00. The highest BCUT2D eigenvalue weighted by Gasteiger charge is 2.12. The molecule has 0 bridgehead atoms. The van der Waals surface area contributed by atoms with E-state index in [2.05, 4.69) is 20.6 Å².